The molecule has 1 amide bonds. The first kappa shape index (κ1) is 14.3. The number of carbonyl (C=O) groups is 1. The maximum absolute atomic E-state index is 11.9. The summed E-state index contributed by atoms with van der Waals surface area (Å²) in [6.07, 6.45) is 3.16. The van der Waals surface area contributed by atoms with Crippen LogP contribution in [0.1, 0.15) is 36.5 Å². The van der Waals surface area contributed by atoms with Gasteiger partial charge in [-0.15, -0.1) is 0 Å². The second kappa shape index (κ2) is 7.49. The van der Waals surface area contributed by atoms with Crippen molar-refractivity contribution in [3.8, 4) is 11.1 Å². The van der Waals surface area contributed by atoms with Crippen LogP contribution in [0.3, 0.4) is 0 Å². The average Bonchev–Trinajstić information content (AvgIpc) is 2.52. The molecule has 0 spiro atoms. The second-order valence-corrected chi connectivity index (χ2v) is 4.76. The lowest BCUT2D eigenvalue weighted by atomic mass is 10.0. The van der Waals surface area contributed by atoms with Crippen LogP contribution in [0.5, 0.6) is 0 Å². The number of nitrogens with one attached hydrogen (secondary N) is 1. The van der Waals surface area contributed by atoms with Crippen LogP contribution in [0.2, 0.25) is 0 Å². The van der Waals surface area contributed by atoms with Gasteiger partial charge >= 0.3 is 0 Å². The van der Waals surface area contributed by atoms with Crippen molar-refractivity contribution in [1.82, 2.24) is 5.32 Å². The number of benzene rings is 2. The van der Waals surface area contributed by atoms with Crippen LogP contribution < -0.4 is 5.32 Å². The zero-order chi connectivity index (χ0) is 14.2. The Morgan fingerprint density at radius 2 is 1.65 bits per heavy atom. The van der Waals surface area contributed by atoms with Crippen molar-refractivity contribution < 1.29 is 4.79 Å². The molecule has 2 rings (SSSR count). The summed E-state index contributed by atoms with van der Waals surface area (Å²) in [5.41, 5.74) is 2.98. The van der Waals surface area contributed by atoms with E-state index < -0.39 is 0 Å². The predicted octanol–water partition coefficient (Wildman–Crippen LogP) is 4.44. The first-order valence-electron chi connectivity index (χ1n) is 7.09. The molecule has 0 aliphatic heterocycles. The van der Waals surface area contributed by atoms with Gasteiger partial charge in [-0.3, -0.25) is 4.79 Å². The Balaban J connectivity index is 1.96. The van der Waals surface area contributed by atoms with E-state index >= 15 is 0 Å². The van der Waals surface area contributed by atoms with Crippen LogP contribution >= 0.6 is 0 Å². The zero-order valence-electron chi connectivity index (χ0n) is 11.8. The Morgan fingerprint density at radius 3 is 2.30 bits per heavy atom. The van der Waals surface area contributed by atoms with E-state index in [0.29, 0.717) is 5.56 Å². The molecule has 0 aromatic heterocycles. The highest BCUT2D eigenvalue weighted by molar-refractivity contribution is 5.95. The number of carbonyl (C=O) groups excluding carboxylic acids is 1. The van der Waals surface area contributed by atoms with E-state index in [4.69, 9.17) is 0 Å². The minimum atomic E-state index is -0.0410. The molecular formula is C18H20NO. The summed E-state index contributed by atoms with van der Waals surface area (Å²) in [4.78, 5) is 11.9. The number of unbranched alkanes of at least 4 members (excludes halogenated alkanes) is 2. The van der Waals surface area contributed by atoms with Crippen LogP contribution in [0.4, 0.5) is 0 Å². The average molecular weight is 266 g/mol. The van der Waals surface area contributed by atoms with Crippen LogP contribution in [0.15, 0.2) is 54.6 Å². The maximum Gasteiger partial charge on any atom is 0.251 e. The lowest BCUT2D eigenvalue weighted by Crippen LogP contribution is -2.20. The van der Waals surface area contributed by atoms with Crippen molar-refractivity contribution in [3.63, 3.8) is 0 Å². The third-order valence-electron chi connectivity index (χ3n) is 3.19. The van der Waals surface area contributed by atoms with E-state index in [1.54, 1.807) is 0 Å². The van der Waals surface area contributed by atoms with Crippen molar-refractivity contribution in [1.29, 1.82) is 0 Å². The number of hydrogen-bond acceptors (Lipinski definition) is 1. The summed E-state index contributed by atoms with van der Waals surface area (Å²) in [6, 6.07) is 17.8. The van der Waals surface area contributed by atoms with Gasteiger partial charge in [0.05, 0.1) is 0 Å². The highest BCUT2D eigenvalue weighted by atomic mass is 16.1. The summed E-state index contributed by atoms with van der Waals surface area (Å²) in [5.74, 6) is -0.0410. The SMILES string of the molecule is CCCC[CH]NC(=O)c1ccc(-c2ccccc2)cc1. The van der Waals surface area contributed by atoms with E-state index in [1.165, 1.54) is 0 Å². The van der Waals surface area contributed by atoms with Crippen LogP contribution in [0, 0.1) is 6.54 Å². The third kappa shape index (κ3) is 3.95. The largest absolute Gasteiger partial charge is 0.347 e. The van der Waals surface area contributed by atoms with E-state index in [1.807, 2.05) is 49.0 Å². The fraction of sp³-hybridized carbons (Fsp3) is 0.222. The summed E-state index contributed by atoms with van der Waals surface area (Å²) in [6.45, 7) is 3.98. The van der Waals surface area contributed by atoms with Gasteiger partial charge in [0.25, 0.3) is 5.91 Å². The van der Waals surface area contributed by atoms with Gasteiger partial charge < -0.3 is 5.32 Å². The molecule has 20 heavy (non-hydrogen) atoms. The van der Waals surface area contributed by atoms with Gasteiger partial charge in [-0.2, -0.15) is 0 Å². The van der Waals surface area contributed by atoms with Crippen LogP contribution in [0.25, 0.3) is 11.1 Å². The lowest BCUT2D eigenvalue weighted by molar-refractivity contribution is 0.0962. The number of amides is 1. The molecule has 0 saturated carbocycles. The monoisotopic (exact) mass is 266 g/mol. The molecule has 0 bridgehead atoms. The fourth-order valence-corrected chi connectivity index (χ4v) is 2.00. The van der Waals surface area contributed by atoms with Crippen LogP contribution in [-0.2, 0) is 0 Å². The topological polar surface area (TPSA) is 29.1 Å². The smallest absolute Gasteiger partial charge is 0.251 e. The minimum Gasteiger partial charge on any atom is -0.347 e. The third-order valence-corrected chi connectivity index (χ3v) is 3.19. The van der Waals surface area contributed by atoms with E-state index in [9.17, 15) is 4.79 Å². The van der Waals surface area contributed by atoms with Gasteiger partial charge in [-0.1, -0.05) is 62.2 Å². The molecule has 2 nitrogen and oxygen atoms in total. The number of hydrogen-bond donors (Lipinski definition) is 1. The van der Waals surface area contributed by atoms with Crippen molar-refractivity contribution in [2.45, 2.75) is 26.2 Å². The zero-order valence-corrected chi connectivity index (χ0v) is 11.8. The molecule has 0 unspecified atom stereocenters. The molecule has 0 aliphatic carbocycles. The standard InChI is InChI=1S/C18H20NO/c1-2-3-7-14-19-18(20)17-12-10-16(11-13-17)15-8-5-4-6-9-15/h4-6,8-14H,2-3,7H2,1H3,(H,19,20). The predicted molar refractivity (Wildman–Crippen MR) is 83.2 cm³/mol. The molecule has 0 heterocycles. The molecule has 0 atom stereocenters. The van der Waals surface area contributed by atoms with Crippen molar-refractivity contribution in [2.24, 2.45) is 0 Å². The summed E-state index contributed by atoms with van der Waals surface area (Å²) >= 11 is 0. The Morgan fingerprint density at radius 1 is 1.00 bits per heavy atom. The van der Waals surface area contributed by atoms with Gasteiger partial charge in [0, 0.05) is 12.1 Å². The molecule has 0 saturated heterocycles. The molecule has 0 fully saturated rings. The Bertz CT molecular complexity index is 531. The molecule has 2 heteroatoms. The highest BCUT2D eigenvalue weighted by Crippen LogP contribution is 2.19. The van der Waals surface area contributed by atoms with Crippen LogP contribution in [-0.4, -0.2) is 5.91 Å². The van der Waals surface area contributed by atoms with Gasteiger partial charge in [0.15, 0.2) is 0 Å². The van der Waals surface area contributed by atoms with E-state index in [0.717, 1.165) is 30.4 Å². The fourth-order valence-electron chi connectivity index (χ4n) is 2.00. The minimum absolute atomic E-state index is 0.0410. The Kier molecular flexibility index (Phi) is 5.36. The Labute approximate surface area is 120 Å². The molecule has 103 valence electrons. The van der Waals surface area contributed by atoms with Crippen molar-refractivity contribution >= 4 is 5.91 Å². The summed E-state index contributed by atoms with van der Waals surface area (Å²) < 4.78 is 0. The van der Waals surface area contributed by atoms with Gasteiger partial charge in [-0.25, -0.2) is 0 Å². The summed E-state index contributed by atoms with van der Waals surface area (Å²) in [5, 5.41) is 2.83. The van der Waals surface area contributed by atoms with E-state index in [2.05, 4.69) is 24.4 Å². The molecule has 0 aliphatic rings. The quantitative estimate of drug-likeness (QED) is 0.770. The van der Waals surface area contributed by atoms with Gasteiger partial charge in [0.2, 0.25) is 0 Å². The Hall–Kier alpha value is -2.09. The molecular weight excluding hydrogens is 246 g/mol. The number of rotatable bonds is 6. The maximum atomic E-state index is 11.9. The van der Waals surface area contributed by atoms with Crippen molar-refractivity contribution in [3.05, 3.63) is 66.7 Å². The first-order chi connectivity index (χ1) is 9.81. The second-order valence-electron chi connectivity index (χ2n) is 4.76. The highest BCUT2D eigenvalue weighted by Gasteiger charge is 2.05. The molecule has 2 aromatic carbocycles. The van der Waals surface area contributed by atoms with Gasteiger partial charge in [-0.05, 0) is 29.7 Å². The normalized spacial score (nSPS) is 10.2. The molecule has 1 N–H and O–H groups in total. The summed E-state index contributed by atoms with van der Waals surface area (Å²) in [7, 11) is 0. The lowest BCUT2D eigenvalue weighted by Gasteiger charge is -2.06. The first-order valence-corrected chi connectivity index (χ1v) is 7.09. The molecule has 2 aromatic rings. The molecule has 1 radical (unpaired) electrons. The van der Waals surface area contributed by atoms with Gasteiger partial charge in [0.1, 0.15) is 0 Å². The van der Waals surface area contributed by atoms with Crippen molar-refractivity contribution in [2.75, 3.05) is 0 Å². The van der Waals surface area contributed by atoms with E-state index in [-0.39, 0.29) is 5.91 Å².